The molecular formula is C12H15ClFNO. The van der Waals surface area contributed by atoms with Gasteiger partial charge >= 0.3 is 0 Å². The molecule has 88 valence electrons. The van der Waals surface area contributed by atoms with Crippen molar-refractivity contribution in [2.75, 3.05) is 7.11 Å². The number of rotatable bonds is 4. The van der Waals surface area contributed by atoms with Gasteiger partial charge in [-0.15, -0.1) is 0 Å². The van der Waals surface area contributed by atoms with Gasteiger partial charge in [-0.3, -0.25) is 0 Å². The van der Waals surface area contributed by atoms with Gasteiger partial charge < -0.3 is 10.5 Å². The van der Waals surface area contributed by atoms with Crippen LogP contribution in [-0.2, 0) is 6.42 Å². The molecule has 0 radical (unpaired) electrons. The molecule has 1 saturated carbocycles. The fourth-order valence-electron chi connectivity index (χ4n) is 1.71. The Balaban J connectivity index is 2.11. The van der Waals surface area contributed by atoms with Gasteiger partial charge in [0.05, 0.1) is 12.1 Å². The van der Waals surface area contributed by atoms with Crippen LogP contribution in [0, 0.1) is 5.82 Å². The predicted molar refractivity (Wildman–Crippen MR) is 62.4 cm³/mol. The van der Waals surface area contributed by atoms with E-state index in [1.807, 2.05) is 0 Å². The lowest BCUT2D eigenvalue weighted by molar-refractivity contribution is 0.386. The van der Waals surface area contributed by atoms with Gasteiger partial charge in [0.15, 0.2) is 11.6 Å². The molecule has 2 rings (SSSR count). The van der Waals surface area contributed by atoms with Crippen LogP contribution in [0.3, 0.4) is 0 Å². The van der Waals surface area contributed by atoms with Crippen molar-refractivity contribution in [1.82, 2.24) is 0 Å². The van der Waals surface area contributed by atoms with Crippen molar-refractivity contribution >= 4 is 11.6 Å². The largest absolute Gasteiger partial charge is 0.494 e. The van der Waals surface area contributed by atoms with Crippen molar-refractivity contribution in [2.45, 2.75) is 31.2 Å². The van der Waals surface area contributed by atoms with Crippen LogP contribution in [0.15, 0.2) is 12.1 Å². The second-order valence-electron chi connectivity index (χ2n) is 4.46. The standard InChI is InChI=1S/C12H15ClFNO/c1-16-10-7-8(6-9(13)11(10)14)2-3-12(15)4-5-12/h6-7H,2-5,15H2,1H3. The van der Waals surface area contributed by atoms with E-state index in [2.05, 4.69) is 0 Å². The average Bonchev–Trinajstić information content (AvgIpc) is 2.99. The highest BCUT2D eigenvalue weighted by Crippen LogP contribution is 2.37. The lowest BCUT2D eigenvalue weighted by atomic mass is 10.0. The first-order chi connectivity index (χ1) is 7.54. The molecule has 0 aromatic heterocycles. The molecule has 0 bridgehead atoms. The number of methoxy groups -OCH3 is 1. The Bertz CT molecular complexity index is 404. The van der Waals surface area contributed by atoms with E-state index in [9.17, 15) is 4.39 Å². The molecule has 0 unspecified atom stereocenters. The molecule has 0 aliphatic heterocycles. The third kappa shape index (κ3) is 2.47. The van der Waals surface area contributed by atoms with Gasteiger partial charge in [0.25, 0.3) is 0 Å². The number of nitrogens with two attached hydrogens (primary N) is 1. The number of hydrogen-bond donors (Lipinski definition) is 1. The van der Waals surface area contributed by atoms with Gasteiger partial charge in [0.2, 0.25) is 0 Å². The minimum Gasteiger partial charge on any atom is -0.494 e. The van der Waals surface area contributed by atoms with Crippen molar-refractivity contribution in [3.05, 3.63) is 28.5 Å². The summed E-state index contributed by atoms with van der Waals surface area (Å²) in [6.45, 7) is 0. The van der Waals surface area contributed by atoms with Crippen LogP contribution in [0.2, 0.25) is 5.02 Å². The molecule has 0 heterocycles. The predicted octanol–water partition coefficient (Wildman–Crippen LogP) is 2.91. The smallest absolute Gasteiger partial charge is 0.183 e. The van der Waals surface area contributed by atoms with Crippen LogP contribution in [0.1, 0.15) is 24.8 Å². The van der Waals surface area contributed by atoms with Crippen LogP contribution in [0.5, 0.6) is 5.75 Å². The molecular weight excluding hydrogens is 229 g/mol. The minimum absolute atomic E-state index is 0.00803. The third-order valence-electron chi connectivity index (χ3n) is 3.08. The highest BCUT2D eigenvalue weighted by molar-refractivity contribution is 6.30. The highest BCUT2D eigenvalue weighted by atomic mass is 35.5. The van der Waals surface area contributed by atoms with Gasteiger partial charge in [-0.25, -0.2) is 4.39 Å². The summed E-state index contributed by atoms with van der Waals surface area (Å²) in [7, 11) is 1.43. The SMILES string of the molecule is COc1cc(CCC2(N)CC2)cc(Cl)c1F. The molecule has 1 aliphatic carbocycles. The first kappa shape index (κ1) is 11.7. The van der Waals surface area contributed by atoms with Crippen molar-refractivity contribution in [2.24, 2.45) is 5.73 Å². The Morgan fingerprint density at radius 2 is 2.19 bits per heavy atom. The van der Waals surface area contributed by atoms with E-state index in [-0.39, 0.29) is 16.3 Å². The molecule has 2 nitrogen and oxygen atoms in total. The number of benzene rings is 1. The van der Waals surface area contributed by atoms with E-state index in [0.717, 1.165) is 31.2 Å². The zero-order valence-corrected chi connectivity index (χ0v) is 9.98. The Hall–Kier alpha value is -0.800. The molecule has 0 spiro atoms. The van der Waals surface area contributed by atoms with E-state index in [4.69, 9.17) is 22.1 Å². The normalized spacial score (nSPS) is 17.2. The zero-order chi connectivity index (χ0) is 11.8. The Morgan fingerprint density at radius 1 is 1.50 bits per heavy atom. The second-order valence-corrected chi connectivity index (χ2v) is 4.86. The molecule has 4 heteroatoms. The molecule has 1 aromatic rings. The number of halogens is 2. The summed E-state index contributed by atoms with van der Waals surface area (Å²) in [5, 5.41) is 0.108. The topological polar surface area (TPSA) is 35.2 Å². The summed E-state index contributed by atoms with van der Waals surface area (Å²) >= 11 is 5.78. The minimum atomic E-state index is -0.498. The fourth-order valence-corrected chi connectivity index (χ4v) is 1.95. The molecule has 0 atom stereocenters. The van der Waals surface area contributed by atoms with E-state index >= 15 is 0 Å². The summed E-state index contributed by atoms with van der Waals surface area (Å²) in [4.78, 5) is 0. The summed E-state index contributed by atoms with van der Waals surface area (Å²) in [5.41, 5.74) is 6.97. The Morgan fingerprint density at radius 3 is 2.75 bits per heavy atom. The van der Waals surface area contributed by atoms with Crippen LogP contribution in [0.25, 0.3) is 0 Å². The number of aryl methyl sites for hydroxylation is 1. The monoisotopic (exact) mass is 243 g/mol. The average molecular weight is 244 g/mol. The molecule has 2 N–H and O–H groups in total. The molecule has 16 heavy (non-hydrogen) atoms. The van der Waals surface area contributed by atoms with Crippen molar-refractivity contribution in [3.63, 3.8) is 0 Å². The van der Waals surface area contributed by atoms with E-state index < -0.39 is 5.82 Å². The molecule has 1 aliphatic rings. The summed E-state index contributed by atoms with van der Waals surface area (Å²) in [5.74, 6) is -0.300. The van der Waals surface area contributed by atoms with E-state index in [1.165, 1.54) is 7.11 Å². The van der Waals surface area contributed by atoms with Crippen LogP contribution < -0.4 is 10.5 Å². The summed E-state index contributed by atoms with van der Waals surface area (Å²) in [6, 6.07) is 3.33. The first-order valence-corrected chi connectivity index (χ1v) is 5.73. The van der Waals surface area contributed by atoms with Crippen LogP contribution in [-0.4, -0.2) is 12.6 Å². The fraction of sp³-hybridized carbons (Fsp3) is 0.500. The van der Waals surface area contributed by atoms with Crippen LogP contribution >= 0.6 is 11.6 Å². The first-order valence-electron chi connectivity index (χ1n) is 5.35. The molecule has 1 aromatic carbocycles. The van der Waals surface area contributed by atoms with Crippen molar-refractivity contribution in [3.8, 4) is 5.75 Å². The molecule has 0 saturated heterocycles. The van der Waals surface area contributed by atoms with Gasteiger partial charge in [-0.2, -0.15) is 0 Å². The molecule has 0 amide bonds. The van der Waals surface area contributed by atoms with Crippen molar-refractivity contribution in [1.29, 1.82) is 0 Å². The Labute approximate surface area is 99.5 Å². The second kappa shape index (κ2) is 4.22. The van der Waals surface area contributed by atoms with E-state index in [0.29, 0.717) is 0 Å². The Kier molecular flexibility index (Phi) is 3.08. The quantitative estimate of drug-likeness (QED) is 0.883. The van der Waals surface area contributed by atoms with Crippen molar-refractivity contribution < 1.29 is 9.13 Å². The van der Waals surface area contributed by atoms with Gasteiger partial charge in [0, 0.05) is 5.54 Å². The number of hydrogen-bond acceptors (Lipinski definition) is 2. The zero-order valence-electron chi connectivity index (χ0n) is 9.22. The van der Waals surface area contributed by atoms with Crippen LogP contribution in [0.4, 0.5) is 4.39 Å². The lowest BCUT2D eigenvalue weighted by Gasteiger charge is -2.10. The molecule has 1 fully saturated rings. The summed E-state index contributed by atoms with van der Waals surface area (Å²) in [6.07, 6.45) is 3.89. The van der Waals surface area contributed by atoms with Gasteiger partial charge in [-0.05, 0) is 43.4 Å². The van der Waals surface area contributed by atoms with Gasteiger partial charge in [0.1, 0.15) is 0 Å². The van der Waals surface area contributed by atoms with Gasteiger partial charge in [-0.1, -0.05) is 11.6 Å². The highest BCUT2D eigenvalue weighted by Gasteiger charge is 2.37. The van der Waals surface area contributed by atoms with E-state index in [1.54, 1.807) is 12.1 Å². The summed E-state index contributed by atoms with van der Waals surface area (Å²) < 4.78 is 18.3. The maximum absolute atomic E-state index is 13.4. The maximum Gasteiger partial charge on any atom is 0.183 e. The third-order valence-corrected chi connectivity index (χ3v) is 3.35. The maximum atomic E-state index is 13.4. The number of ether oxygens (including phenoxy) is 1. The lowest BCUT2D eigenvalue weighted by Crippen LogP contribution is -2.22.